The van der Waals surface area contributed by atoms with Gasteiger partial charge in [-0.25, -0.2) is 5.14 Å². The van der Waals surface area contributed by atoms with E-state index in [-0.39, 0.29) is 18.0 Å². The van der Waals surface area contributed by atoms with Crippen molar-refractivity contribution in [2.45, 2.75) is 39.8 Å². The van der Waals surface area contributed by atoms with E-state index in [1.807, 2.05) is 37.5 Å². The van der Waals surface area contributed by atoms with Crippen LogP contribution in [0, 0.1) is 0 Å². The minimum absolute atomic E-state index is 0.0825. The minimum atomic E-state index is -3.61. The van der Waals surface area contributed by atoms with Crippen molar-refractivity contribution in [3.8, 4) is 0 Å². The average molecular weight is 306 g/mol. The Morgan fingerprint density at radius 3 is 1.90 bits per heavy atom. The summed E-state index contributed by atoms with van der Waals surface area (Å²) in [6.07, 6.45) is 0. The van der Waals surface area contributed by atoms with E-state index in [2.05, 4.69) is 0 Å². The van der Waals surface area contributed by atoms with Crippen molar-refractivity contribution in [1.29, 1.82) is 0 Å². The Bertz CT molecular complexity index is 420. The molecule has 20 heavy (non-hydrogen) atoms. The SMILES string of the molecule is CC(C)N(C(=O)CN1CCN(S(N)(=O)=O)CC1)C(C)C. The molecule has 0 saturated carbocycles. The highest BCUT2D eigenvalue weighted by molar-refractivity contribution is 7.86. The van der Waals surface area contributed by atoms with Gasteiger partial charge in [-0.2, -0.15) is 12.7 Å². The maximum Gasteiger partial charge on any atom is 0.276 e. The fourth-order valence-electron chi connectivity index (χ4n) is 2.59. The van der Waals surface area contributed by atoms with Crippen LogP contribution in [-0.4, -0.2) is 73.2 Å². The second-order valence-electron chi connectivity index (χ2n) is 5.71. The van der Waals surface area contributed by atoms with Crippen LogP contribution in [0.5, 0.6) is 0 Å². The maximum atomic E-state index is 12.3. The minimum Gasteiger partial charge on any atom is -0.337 e. The van der Waals surface area contributed by atoms with Gasteiger partial charge in [0.1, 0.15) is 0 Å². The molecule has 1 rings (SSSR count). The first-order valence-electron chi connectivity index (χ1n) is 6.94. The monoisotopic (exact) mass is 306 g/mol. The predicted octanol–water partition coefficient (Wildman–Crippen LogP) is -0.547. The number of amides is 1. The van der Waals surface area contributed by atoms with Crippen LogP contribution >= 0.6 is 0 Å². The molecule has 0 bridgehead atoms. The number of carbonyl (C=O) groups is 1. The summed E-state index contributed by atoms with van der Waals surface area (Å²) in [5.74, 6) is 0.0825. The summed E-state index contributed by atoms with van der Waals surface area (Å²) in [6, 6.07) is 0.321. The predicted molar refractivity (Wildman–Crippen MR) is 78.2 cm³/mol. The van der Waals surface area contributed by atoms with E-state index in [1.54, 1.807) is 0 Å². The maximum absolute atomic E-state index is 12.3. The van der Waals surface area contributed by atoms with E-state index in [4.69, 9.17) is 5.14 Å². The molecule has 0 spiro atoms. The van der Waals surface area contributed by atoms with Crippen LogP contribution in [0.1, 0.15) is 27.7 Å². The molecule has 1 aliphatic rings. The molecule has 0 aromatic rings. The van der Waals surface area contributed by atoms with Crippen LogP contribution in [0.2, 0.25) is 0 Å². The van der Waals surface area contributed by atoms with Crippen molar-refractivity contribution in [1.82, 2.24) is 14.1 Å². The summed E-state index contributed by atoms with van der Waals surface area (Å²) in [5.41, 5.74) is 0. The Morgan fingerprint density at radius 1 is 1.10 bits per heavy atom. The molecule has 1 fully saturated rings. The summed E-state index contributed by atoms with van der Waals surface area (Å²) in [7, 11) is -3.61. The number of nitrogens with zero attached hydrogens (tertiary/aromatic N) is 3. The molecule has 0 radical (unpaired) electrons. The summed E-state index contributed by atoms with van der Waals surface area (Å²) >= 11 is 0. The molecule has 2 N–H and O–H groups in total. The average Bonchev–Trinajstić information content (AvgIpc) is 2.26. The summed E-state index contributed by atoms with van der Waals surface area (Å²) in [6.45, 7) is 10.1. The third-order valence-electron chi connectivity index (χ3n) is 3.45. The molecule has 0 aromatic carbocycles. The van der Waals surface area contributed by atoms with Crippen molar-refractivity contribution in [3.63, 3.8) is 0 Å². The smallest absolute Gasteiger partial charge is 0.276 e. The molecule has 1 heterocycles. The van der Waals surface area contributed by atoms with Gasteiger partial charge in [-0.1, -0.05) is 0 Å². The lowest BCUT2D eigenvalue weighted by atomic mass is 10.2. The van der Waals surface area contributed by atoms with Gasteiger partial charge in [0, 0.05) is 38.3 Å². The van der Waals surface area contributed by atoms with E-state index >= 15 is 0 Å². The molecule has 1 amide bonds. The van der Waals surface area contributed by atoms with Gasteiger partial charge in [-0.05, 0) is 27.7 Å². The van der Waals surface area contributed by atoms with Gasteiger partial charge < -0.3 is 4.90 Å². The van der Waals surface area contributed by atoms with Gasteiger partial charge in [0.05, 0.1) is 6.54 Å². The van der Waals surface area contributed by atoms with Crippen LogP contribution < -0.4 is 5.14 Å². The lowest BCUT2D eigenvalue weighted by molar-refractivity contribution is -0.136. The van der Waals surface area contributed by atoms with Gasteiger partial charge in [0.15, 0.2) is 0 Å². The highest BCUT2D eigenvalue weighted by Gasteiger charge is 2.27. The highest BCUT2D eigenvalue weighted by Crippen LogP contribution is 2.09. The molecule has 0 unspecified atom stereocenters. The van der Waals surface area contributed by atoms with Gasteiger partial charge in [-0.3, -0.25) is 9.69 Å². The van der Waals surface area contributed by atoms with E-state index < -0.39 is 10.2 Å². The fourth-order valence-corrected chi connectivity index (χ4v) is 3.26. The van der Waals surface area contributed by atoms with E-state index in [9.17, 15) is 13.2 Å². The Labute approximate surface area is 121 Å². The topological polar surface area (TPSA) is 86.9 Å². The van der Waals surface area contributed by atoms with Gasteiger partial charge in [0.2, 0.25) is 5.91 Å². The van der Waals surface area contributed by atoms with Crippen LogP contribution in [0.4, 0.5) is 0 Å². The fraction of sp³-hybridized carbons (Fsp3) is 0.917. The van der Waals surface area contributed by atoms with Crippen molar-refractivity contribution < 1.29 is 13.2 Å². The normalized spacial score (nSPS) is 18.8. The van der Waals surface area contributed by atoms with E-state index in [0.29, 0.717) is 32.7 Å². The first-order chi connectivity index (χ1) is 9.12. The second-order valence-corrected chi connectivity index (χ2v) is 7.25. The summed E-state index contributed by atoms with van der Waals surface area (Å²) in [5, 5.41) is 5.09. The number of hydrogen-bond acceptors (Lipinski definition) is 4. The zero-order valence-corrected chi connectivity index (χ0v) is 13.6. The standard InChI is InChI=1S/C12H26N4O3S/c1-10(2)16(11(3)4)12(17)9-14-5-7-15(8-6-14)20(13,18)19/h10-11H,5-9H2,1-4H3,(H2,13,18,19). The summed E-state index contributed by atoms with van der Waals surface area (Å²) < 4.78 is 23.7. The molecule has 1 aliphatic heterocycles. The number of piperazine rings is 1. The third-order valence-corrected chi connectivity index (χ3v) is 4.54. The van der Waals surface area contributed by atoms with Crippen LogP contribution in [0.15, 0.2) is 0 Å². The third kappa shape index (κ3) is 4.69. The molecular formula is C12H26N4O3S. The van der Waals surface area contributed by atoms with Crippen LogP contribution in [0.25, 0.3) is 0 Å². The Kier molecular flexibility index (Phi) is 5.93. The van der Waals surface area contributed by atoms with Crippen LogP contribution in [0.3, 0.4) is 0 Å². The van der Waals surface area contributed by atoms with Gasteiger partial charge in [0.25, 0.3) is 10.2 Å². The molecular weight excluding hydrogens is 280 g/mol. The molecule has 1 saturated heterocycles. The molecule has 0 aliphatic carbocycles. The lowest BCUT2D eigenvalue weighted by Crippen LogP contribution is -2.54. The van der Waals surface area contributed by atoms with Crippen molar-refractivity contribution in [2.24, 2.45) is 5.14 Å². The molecule has 118 valence electrons. The number of carbonyl (C=O) groups excluding carboxylic acids is 1. The van der Waals surface area contributed by atoms with Crippen molar-refractivity contribution >= 4 is 16.1 Å². The Balaban J connectivity index is 2.53. The van der Waals surface area contributed by atoms with Gasteiger partial charge in [-0.15, -0.1) is 0 Å². The highest BCUT2D eigenvalue weighted by atomic mass is 32.2. The number of rotatable bonds is 5. The zero-order chi connectivity index (χ0) is 15.5. The quantitative estimate of drug-likeness (QED) is 0.738. The Hall–Kier alpha value is -0.700. The second kappa shape index (κ2) is 6.84. The molecule has 0 atom stereocenters. The first kappa shape index (κ1) is 17.4. The van der Waals surface area contributed by atoms with Crippen molar-refractivity contribution in [3.05, 3.63) is 0 Å². The number of hydrogen-bond donors (Lipinski definition) is 1. The van der Waals surface area contributed by atoms with Crippen LogP contribution in [-0.2, 0) is 15.0 Å². The first-order valence-corrected chi connectivity index (χ1v) is 8.44. The molecule has 0 aromatic heterocycles. The zero-order valence-electron chi connectivity index (χ0n) is 12.7. The summed E-state index contributed by atoms with van der Waals surface area (Å²) in [4.78, 5) is 16.1. The Morgan fingerprint density at radius 2 is 1.55 bits per heavy atom. The van der Waals surface area contributed by atoms with E-state index in [1.165, 1.54) is 4.31 Å². The molecule has 8 heteroatoms. The lowest BCUT2D eigenvalue weighted by Gasteiger charge is -2.36. The van der Waals surface area contributed by atoms with Crippen molar-refractivity contribution in [2.75, 3.05) is 32.7 Å². The van der Waals surface area contributed by atoms with Gasteiger partial charge >= 0.3 is 0 Å². The van der Waals surface area contributed by atoms with E-state index in [0.717, 1.165) is 0 Å². The molecule has 7 nitrogen and oxygen atoms in total. The number of nitrogens with two attached hydrogens (primary N) is 1. The largest absolute Gasteiger partial charge is 0.337 e.